The Bertz CT molecular complexity index is 385. The minimum absolute atomic E-state index is 0.0400. The summed E-state index contributed by atoms with van der Waals surface area (Å²) in [5.74, 6) is 0.604. The van der Waals surface area contributed by atoms with Crippen molar-refractivity contribution in [3.8, 4) is 0 Å². The normalized spacial score (nSPS) is 24.4. The Morgan fingerprint density at radius 3 is 2.75 bits per heavy atom. The van der Waals surface area contributed by atoms with Crippen molar-refractivity contribution in [2.75, 3.05) is 6.54 Å². The van der Waals surface area contributed by atoms with Gasteiger partial charge >= 0.3 is 0 Å². The molecule has 0 spiro atoms. The van der Waals surface area contributed by atoms with Crippen molar-refractivity contribution in [1.29, 1.82) is 0 Å². The van der Waals surface area contributed by atoms with Crippen LogP contribution in [0.1, 0.15) is 24.9 Å². The fraction of sp³-hybridized carbons (Fsp3) is 0.357. The summed E-state index contributed by atoms with van der Waals surface area (Å²) in [7, 11) is 0. The Balaban J connectivity index is 2.25. The maximum absolute atomic E-state index is 11.8. The van der Waals surface area contributed by atoms with Crippen LogP contribution in [-0.2, 0) is 4.79 Å². The van der Waals surface area contributed by atoms with Gasteiger partial charge in [0, 0.05) is 6.54 Å². The van der Waals surface area contributed by atoms with Crippen molar-refractivity contribution in [2.24, 2.45) is 5.92 Å². The molecule has 1 aromatic carbocycles. The Hall–Kier alpha value is -1.57. The molecule has 0 saturated carbocycles. The van der Waals surface area contributed by atoms with Crippen LogP contribution in [0.5, 0.6) is 0 Å². The zero-order valence-electron chi connectivity index (χ0n) is 9.60. The molecule has 0 aromatic heterocycles. The summed E-state index contributed by atoms with van der Waals surface area (Å²) in [4.78, 5) is 13.7. The lowest BCUT2D eigenvalue weighted by Gasteiger charge is -2.23. The number of amides is 1. The fourth-order valence-electron chi connectivity index (χ4n) is 2.40. The molecular weight excluding hydrogens is 198 g/mol. The molecular formula is C14H17NO. The zero-order valence-corrected chi connectivity index (χ0v) is 9.60. The number of hydrogen-bond donors (Lipinski definition) is 0. The van der Waals surface area contributed by atoms with Crippen LogP contribution >= 0.6 is 0 Å². The monoisotopic (exact) mass is 215 g/mol. The minimum atomic E-state index is 0.0400. The minimum Gasteiger partial charge on any atom is -0.332 e. The summed E-state index contributed by atoms with van der Waals surface area (Å²) >= 11 is 0. The highest BCUT2D eigenvalue weighted by Gasteiger charge is 2.32. The van der Waals surface area contributed by atoms with Gasteiger partial charge in [-0.25, -0.2) is 0 Å². The first kappa shape index (κ1) is 10.9. The van der Waals surface area contributed by atoms with Gasteiger partial charge < -0.3 is 4.90 Å². The molecule has 2 unspecified atom stereocenters. The van der Waals surface area contributed by atoms with E-state index in [2.05, 4.69) is 25.6 Å². The van der Waals surface area contributed by atoms with Crippen LogP contribution in [0.25, 0.3) is 0 Å². The average Bonchev–Trinajstić information content (AvgIpc) is 2.71. The lowest BCUT2D eigenvalue weighted by molar-refractivity contribution is -0.127. The van der Waals surface area contributed by atoms with E-state index < -0.39 is 0 Å². The van der Waals surface area contributed by atoms with Gasteiger partial charge in [-0.1, -0.05) is 43.8 Å². The van der Waals surface area contributed by atoms with Crippen molar-refractivity contribution < 1.29 is 4.79 Å². The van der Waals surface area contributed by atoms with Gasteiger partial charge in [0.15, 0.2) is 0 Å². The van der Waals surface area contributed by atoms with Gasteiger partial charge in [-0.2, -0.15) is 0 Å². The van der Waals surface area contributed by atoms with Crippen molar-refractivity contribution in [1.82, 2.24) is 4.90 Å². The van der Waals surface area contributed by atoms with E-state index in [1.807, 2.05) is 23.1 Å². The summed E-state index contributed by atoms with van der Waals surface area (Å²) in [6.45, 7) is 6.59. The second-order valence-corrected chi connectivity index (χ2v) is 4.46. The first-order valence-corrected chi connectivity index (χ1v) is 5.70. The molecule has 0 radical (unpaired) electrons. The van der Waals surface area contributed by atoms with Crippen LogP contribution in [0.2, 0.25) is 0 Å². The quantitative estimate of drug-likeness (QED) is 0.695. The fourth-order valence-corrected chi connectivity index (χ4v) is 2.40. The molecule has 1 aliphatic heterocycles. The summed E-state index contributed by atoms with van der Waals surface area (Å²) in [5, 5.41) is 0. The van der Waals surface area contributed by atoms with Crippen LogP contribution < -0.4 is 0 Å². The third-order valence-corrected chi connectivity index (χ3v) is 3.15. The zero-order chi connectivity index (χ0) is 11.5. The Labute approximate surface area is 96.6 Å². The van der Waals surface area contributed by atoms with Crippen LogP contribution in [0.4, 0.5) is 0 Å². The van der Waals surface area contributed by atoms with Gasteiger partial charge in [0.05, 0.1) is 6.04 Å². The van der Waals surface area contributed by atoms with E-state index in [0.29, 0.717) is 5.92 Å². The number of likely N-dealkylation sites (tertiary alicyclic amines) is 1. The summed E-state index contributed by atoms with van der Waals surface area (Å²) < 4.78 is 0. The lowest BCUT2D eigenvalue weighted by Crippen LogP contribution is -2.29. The third-order valence-electron chi connectivity index (χ3n) is 3.15. The molecule has 0 N–H and O–H groups in total. The van der Waals surface area contributed by atoms with Crippen molar-refractivity contribution in [2.45, 2.75) is 19.4 Å². The number of carbonyl (C=O) groups is 1. The summed E-state index contributed by atoms with van der Waals surface area (Å²) in [6.07, 6.45) is 2.46. The van der Waals surface area contributed by atoms with E-state index in [9.17, 15) is 4.79 Å². The van der Waals surface area contributed by atoms with E-state index in [1.54, 1.807) is 0 Å². The molecule has 1 aromatic rings. The molecule has 16 heavy (non-hydrogen) atoms. The van der Waals surface area contributed by atoms with Crippen LogP contribution in [0.15, 0.2) is 43.0 Å². The van der Waals surface area contributed by atoms with Crippen molar-refractivity contribution in [3.63, 3.8) is 0 Å². The maximum atomic E-state index is 11.8. The van der Waals surface area contributed by atoms with E-state index in [4.69, 9.17) is 0 Å². The van der Waals surface area contributed by atoms with Crippen LogP contribution in [0, 0.1) is 5.92 Å². The smallest absolute Gasteiger partial charge is 0.246 e. The standard InChI is InChI=1S/C14H17NO/c1-3-14(16)15-10-11(2)9-13(15)12-7-5-4-6-8-12/h3-8,11,13H,1,9-10H2,2H3. The topological polar surface area (TPSA) is 20.3 Å². The average molecular weight is 215 g/mol. The second kappa shape index (κ2) is 4.52. The largest absolute Gasteiger partial charge is 0.332 e. The first-order valence-electron chi connectivity index (χ1n) is 5.70. The summed E-state index contributed by atoms with van der Waals surface area (Å²) in [5.41, 5.74) is 1.22. The van der Waals surface area contributed by atoms with E-state index >= 15 is 0 Å². The highest BCUT2D eigenvalue weighted by molar-refractivity contribution is 5.87. The molecule has 1 saturated heterocycles. The third kappa shape index (κ3) is 2.01. The molecule has 1 aliphatic rings. The molecule has 1 amide bonds. The van der Waals surface area contributed by atoms with Gasteiger partial charge in [-0.15, -0.1) is 0 Å². The molecule has 1 fully saturated rings. The molecule has 2 heteroatoms. The van der Waals surface area contributed by atoms with Gasteiger partial charge in [0.2, 0.25) is 5.91 Å². The number of rotatable bonds is 2. The second-order valence-electron chi connectivity index (χ2n) is 4.46. The molecule has 2 rings (SSSR count). The predicted octanol–water partition coefficient (Wildman–Crippen LogP) is 2.78. The lowest BCUT2D eigenvalue weighted by atomic mass is 10.0. The predicted molar refractivity (Wildman–Crippen MR) is 64.9 cm³/mol. The first-order chi connectivity index (χ1) is 7.72. The highest BCUT2D eigenvalue weighted by Crippen LogP contribution is 2.35. The van der Waals surface area contributed by atoms with Crippen LogP contribution in [0.3, 0.4) is 0 Å². The van der Waals surface area contributed by atoms with Gasteiger partial charge in [0.1, 0.15) is 0 Å². The van der Waals surface area contributed by atoms with Gasteiger partial charge in [-0.05, 0) is 24.0 Å². The molecule has 0 aliphatic carbocycles. The Kier molecular flexibility index (Phi) is 3.09. The number of benzene rings is 1. The number of hydrogen-bond acceptors (Lipinski definition) is 1. The summed E-state index contributed by atoms with van der Waals surface area (Å²) in [6, 6.07) is 10.4. The Morgan fingerprint density at radius 1 is 1.44 bits per heavy atom. The number of nitrogens with zero attached hydrogens (tertiary/aromatic N) is 1. The van der Waals surface area contributed by atoms with Crippen LogP contribution in [-0.4, -0.2) is 17.4 Å². The number of carbonyl (C=O) groups excluding carboxylic acids is 1. The van der Waals surface area contributed by atoms with Gasteiger partial charge in [0.25, 0.3) is 0 Å². The van der Waals surface area contributed by atoms with E-state index in [1.165, 1.54) is 11.6 Å². The van der Waals surface area contributed by atoms with Gasteiger partial charge in [-0.3, -0.25) is 4.79 Å². The highest BCUT2D eigenvalue weighted by atomic mass is 16.2. The molecule has 1 heterocycles. The van der Waals surface area contributed by atoms with E-state index in [-0.39, 0.29) is 11.9 Å². The van der Waals surface area contributed by atoms with E-state index in [0.717, 1.165) is 13.0 Å². The molecule has 0 bridgehead atoms. The molecule has 2 nitrogen and oxygen atoms in total. The molecule has 2 atom stereocenters. The Morgan fingerprint density at radius 2 is 2.12 bits per heavy atom. The van der Waals surface area contributed by atoms with Crippen molar-refractivity contribution >= 4 is 5.91 Å². The SMILES string of the molecule is C=CC(=O)N1CC(C)CC1c1ccccc1. The van der Waals surface area contributed by atoms with Crippen molar-refractivity contribution in [3.05, 3.63) is 48.6 Å². The maximum Gasteiger partial charge on any atom is 0.246 e. The molecule has 84 valence electrons.